The summed E-state index contributed by atoms with van der Waals surface area (Å²) in [7, 11) is 0. The van der Waals surface area contributed by atoms with E-state index < -0.39 is 0 Å². The van der Waals surface area contributed by atoms with Gasteiger partial charge >= 0.3 is 0 Å². The number of aromatic nitrogens is 2. The first-order chi connectivity index (χ1) is 10.1. The number of rotatable bonds is 2. The van der Waals surface area contributed by atoms with Gasteiger partial charge in [-0.25, -0.2) is 4.98 Å². The number of fused-ring (bicyclic) bond motifs is 1. The average Bonchev–Trinajstić information content (AvgIpc) is 2.84. The van der Waals surface area contributed by atoms with Crippen LogP contribution in [0.5, 0.6) is 0 Å². The van der Waals surface area contributed by atoms with Crippen molar-refractivity contribution in [1.82, 2.24) is 9.38 Å². The van der Waals surface area contributed by atoms with Gasteiger partial charge in [-0.15, -0.1) is 0 Å². The van der Waals surface area contributed by atoms with Crippen LogP contribution < -0.4 is 0 Å². The van der Waals surface area contributed by atoms with Crippen molar-refractivity contribution < 1.29 is 0 Å². The van der Waals surface area contributed by atoms with Gasteiger partial charge in [0.05, 0.1) is 0 Å². The highest BCUT2D eigenvalue weighted by atomic mass is 35.5. The van der Waals surface area contributed by atoms with Crippen LogP contribution in [0.15, 0.2) is 42.6 Å². The Hall–Kier alpha value is -2.31. The Morgan fingerprint density at radius 1 is 1.19 bits per heavy atom. The quantitative estimate of drug-likeness (QED) is 0.690. The number of halogens is 1. The maximum Gasteiger partial charge on any atom is 0.152 e. The summed E-state index contributed by atoms with van der Waals surface area (Å²) in [5, 5.41) is 10.0. The van der Waals surface area contributed by atoms with Gasteiger partial charge in [0, 0.05) is 22.8 Å². The average molecular weight is 296 g/mol. The van der Waals surface area contributed by atoms with Gasteiger partial charge in [-0.1, -0.05) is 49.7 Å². The van der Waals surface area contributed by atoms with E-state index in [0.29, 0.717) is 28.0 Å². The first kappa shape index (κ1) is 13.7. The molecule has 0 aliphatic heterocycles. The third kappa shape index (κ3) is 2.39. The van der Waals surface area contributed by atoms with Gasteiger partial charge < -0.3 is 0 Å². The van der Waals surface area contributed by atoms with Crippen LogP contribution in [0.3, 0.4) is 0 Å². The van der Waals surface area contributed by atoms with Gasteiger partial charge in [0.15, 0.2) is 5.69 Å². The van der Waals surface area contributed by atoms with Gasteiger partial charge in [0.2, 0.25) is 0 Å². The zero-order valence-corrected chi connectivity index (χ0v) is 12.6. The molecule has 0 saturated carbocycles. The SMILES string of the molecule is CC(C)c1ccc(-c2nc3cc(Cl)ccn3c2C#N)cc1. The van der Waals surface area contributed by atoms with Crippen LogP contribution in [0.1, 0.15) is 31.0 Å². The molecule has 0 amide bonds. The molecule has 0 fully saturated rings. The lowest BCUT2D eigenvalue weighted by Gasteiger charge is -2.05. The summed E-state index contributed by atoms with van der Waals surface area (Å²) in [4.78, 5) is 4.55. The van der Waals surface area contributed by atoms with Crippen molar-refractivity contribution in [1.29, 1.82) is 5.26 Å². The molecular formula is C17H14ClN3. The molecule has 2 heterocycles. The van der Waals surface area contributed by atoms with Crippen LogP contribution in [-0.2, 0) is 0 Å². The molecule has 0 spiro atoms. The van der Waals surface area contributed by atoms with E-state index in [0.717, 1.165) is 5.56 Å². The van der Waals surface area contributed by atoms with Crippen molar-refractivity contribution in [3.8, 4) is 17.3 Å². The molecule has 0 atom stereocenters. The summed E-state index contributed by atoms with van der Waals surface area (Å²) in [6, 6.07) is 13.9. The Balaban J connectivity index is 2.18. The topological polar surface area (TPSA) is 41.1 Å². The third-order valence-electron chi connectivity index (χ3n) is 3.54. The number of imidazole rings is 1. The first-order valence-electron chi connectivity index (χ1n) is 6.78. The third-order valence-corrected chi connectivity index (χ3v) is 3.78. The van der Waals surface area contributed by atoms with Gasteiger partial charge in [0.1, 0.15) is 17.4 Å². The second kappa shape index (κ2) is 5.23. The molecule has 0 aliphatic rings. The van der Waals surface area contributed by atoms with Gasteiger partial charge in [-0.05, 0) is 17.5 Å². The minimum Gasteiger partial charge on any atom is -0.291 e. The first-order valence-corrected chi connectivity index (χ1v) is 7.16. The summed E-state index contributed by atoms with van der Waals surface area (Å²) >= 11 is 5.99. The lowest BCUT2D eigenvalue weighted by molar-refractivity contribution is 0.867. The van der Waals surface area contributed by atoms with Crippen molar-refractivity contribution in [2.45, 2.75) is 19.8 Å². The second-order valence-corrected chi connectivity index (χ2v) is 5.71. The fraction of sp³-hybridized carbons (Fsp3) is 0.176. The highest BCUT2D eigenvalue weighted by molar-refractivity contribution is 6.30. The van der Waals surface area contributed by atoms with Crippen LogP contribution in [0, 0.1) is 11.3 Å². The van der Waals surface area contributed by atoms with Crippen LogP contribution in [0.4, 0.5) is 0 Å². The summed E-state index contributed by atoms with van der Waals surface area (Å²) < 4.78 is 1.76. The predicted octanol–water partition coefficient (Wildman–Crippen LogP) is 4.65. The minimum absolute atomic E-state index is 0.481. The summed E-state index contributed by atoms with van der Waals surface area (Å²) in [6.45, 7) is 4.31. The van der Waals surface area contributed by atoms with E-state index in [4.69, 9.17) is 11.6 Å². The molecule has 0 unspecified atom stereocenters. The smallest absolute Gasteiger partial charge is 0.152 e. The molecule has 4 heteroatoms. The predicted molar refractivity (Wildman–Crippen MR) is 84.4 cm³/mol. The van der Waals surface area contributed by atoms with Crippen LogP contribution >= 0.6 is 11.6 Å². The number of hydrogen-bond donors (Lipinski definition) is 0. The summed E-state index contributed by atoms with van der Waals surface area (Å²) in [6.07, 6.45) is 1.77. The van der Waals surface area contributed by atoms with E-state index >= 15 is 0 Å². The van der Waals surface area contributed by atoms with Crippen molar-refractivity contribution in [2.75, 3.05) is 0 Å². The summed E-state index contributed by atoms with van der Waals surface area (Å²) in [5.74, 6) is 0.481. The van der Waals surface area contributed by atoms with E-state index in [-0.39, 0.29) is 0 Å². The highest BCUT2D eigenvalue weighted by Crippen LogP contribution is 2.26. The molecule has 0 bridgehead atoms. The lowest BCUT2D eigenvalue weighted by atomic mass is 10.0. The Kier molecular flexibility index (Phi) is 3.40. The van der Waals surface area contributed by atoms with E-state index in [2.05, 4.69) is 37.0 Å². The zero-order valence-electron chi connectivity index (χ0n) is 11.8. The molecule has 3 nitrogen and oxygen atoms in total. The molecule has 0 aliphatic carbocycles. The van der Waals surface area contributed by atoms with Crippen molar-refractivity contribution in [2.24, 2.45) is 0 Å². The fourth-order valence-electron chi connectivity index (χ4n) is 2.35. The maximum atomic E-state index is 9.43. The van der Waals surface area contributed by atoms with Crippen molar-refractivity contribution in [3.63, 3.8) is 0 Å². The Bertz CT molecular complexity index is 839. The Morgan fingerprint density at radius 2 is 1.90 bits per heavy atom. The Labute approximate surface area is 128 Å². The largest absolute Gasteiger partial charge is 0.291 e. The minimum atomic E-state index is 0.481. The number of nitrogens with zero attached hydrogens (tertiary/aromatic N) is 3. The normalized spacial score (nSPS) is 11.0. The zero-order chi connectivity index (χ0) is 15.0. The molecule has 0 radical (unpaired) electrons. The lowest BCUT2D eigenvalue weighted by Crippen LogP contribution is -1.90. The molecule has 0 N–H and O–H groups in total. The molecule has 3 rings (SSSR count). The standard InChI is InChI=1S/C17H14ClN3/c1-11(2)12-3-5-13(6-4-12)17-15(10-19)21-8-7-14(18)9-16(21)20-17/h3-9,11H,1-2H3. The molecule has 2 aromatic heterocycles. The number of pyridine rings is 1. The molecule has 104 valence electrons. The molecule has 1 aromatic carbocycles. The second-order valence-electron chi connectivity index (χ2n) is 5.27. The van der Waals surface area contributed by atoms with Gasteiger partial charge in [0.25, 0.3) is 0 Å². The monoisotopic (exact) mass is 295 g/mol. The van der Waals surface area contributed by atoms with Gasteiger partial charge in [-0.2, -0.15) is 5.26 Å². The van der Waals surface area contributed by atoms with Crippen LogP contribution in [0.25, 0.3) is 16.9 Å². The van der Waals surface area contributed by atoms with Crippen LogP contribution in [-0.4, -0.2) is 9.38 Å². The van der Waals surface area contributed by atoms with E-state index in [1.165, 1.54) is 5.56 Å². The van der Waals surface area contributed by atoms with E-state index in [1.54, 1.807) is 22.7 Å². The summed E-state index contributed by atoms with van der Waals surface area (Å²) in [5.41, 5.74) is 4.11. The van der Waals surface area contributed by atoms with Crippen molar-refractivity contribution >= 4 is 17.2 Å². The van der Waals surface area contributed by atoms with E-state index in [1.807, 2.05) is 12.1 Å². The van der Waals surface area contributed by atoms with Gasteiger partial charge in [-0.3, -0.25) is 4.40 Å². The highest BCUT2D eigenvalue weighted by Gasteiger charge is 2.14. The number of benzene rings is 1. The molecule has 0 saturated heterocycles. The van der Waals surface area contributed by atoms with E-state index in [9.17, 15) is 5.26 Å². The molecule has 3 aromatic rings. The molecule has 21 heavy (non-hydrogen) atoms. The molecular weight excluding hydrogens is 282 g/mol. The fourth-order valence-corrected chi connectivity index (χ4v) is 2.51. The Morgan fingerprint density at radius 3 is 2.52 bits per heavy atom. The maximum absolute atomic E-state index is 9.43. The number of nitriles is 1. The van der Waals surface area contributed by atoms with Crippen LogP contribution in [0.2, 0.25) is 5.02 Å². The van der Waals surface area contributed by atoms with Crippen molar-refractivity contribution in [3.05, 3.63) is 58.9 Å². The number of hydrogen-bond acceptors (Lipinski definition) is 2.